The number of carbonyl (C=O) groups is 1. The highest BCUT2D eigenvalue weighted by molar-refractivity contribution is 5.92. The molecule has 0 unspecified atom stereocenters. The van der Waals surface area contributed by atoms with Gasteiger partial charge in [-0.05, 0) is 30.5 Å². The normalized spacial score (nSPS) is 17.1. The Morgan fingerprint density at radius 1 is 1.56 bits per heavy atom. The summed E-state index contributed by atoms with van der Waals surface area (Å²) in [7, 11) is 1.19. The van der Waals surface area contributed by atoms with E-state index in [1.165, 1.54) is 19.2 Å². The third-order valence-electron chi connectivity index (χ3n) is 3.78. The Kier molecular flexibility index (Phi) is 3.26. The van der Waals surface area contributed by atoms with Gasteiger partial charge in [0.25, 0.3) is 0 Å². The van der Waals surface area contributed by atoms with Crippen molar-refractivity contribution in [2.45, 2.75) is 24.7 Å². The summed E-state index contributed by atoms with van der Waals surface area (Å²) in [6, 6.07) is 2.74. The number of esters is 1. The molecule has 1 aromatic carbocycles. The minimum atomic E-state index is -0.812. The minimum absolute atomic E-state index is 0.146. The van der Waals surface area contributed by atoms with E-state index < -0.39 is 17.5 Å². The number of methoxy groups -OCH3 is 1. The van der Waals surface area contributed by atoms with Crippen molar-refractivity contribution in [3.05, 3.63) is 29.1 Å². The first kappa shape index (κ1) is 12.8. The molecule has 0 aromatic heterocycles. The van der Waals surface area contributed by atoms with Crippen molar-refractivity contribution < 1.29 is 19.0 Å². The maximum absolute atomic E-state index is 13.7. The number of aromatic hydroxyl groups is 1. The highest BCUT2D eigenvalue weighted by Gasteiger charge is 2.38. The molecule has 0 amide bonds. The summed E-state index contributed by atoms with van der Waals surface area (Å²) in [6.45, 7) is 0.401. The molecular formula is C13H16FNO3. The third kappa shape index (κ3) is 1.84. The monoisotopic (exact) mass is 253 g/mol. The molecule has 4 nitrogen and oxygen atoms in total. The van der Waals surface area contributed by atoms with Crippen LogP contribution in [0.3, 0.4) is 0 Å². The van der Waals surface area contributed by atoms with Gasteiger partial charge >= 0.3 is 5.97 Å². The van der Waals surface area contributed by atoms with E-state index in [2.05, 4.69) is 4.74 Å². The molecule has 0 atom stereocenters. The average molecular weight is 253 g/mol. The summed E-state index contributed by atoms with van der Waals surface area (Å²) < 4.78 is 18.2. The number of ether oxygens (including phenoxy) is 1. The number of hydrogen-bond donors (Lipinski definition) is 2. The first-order valence-corrected chi connectivity index (χ1v) is 5.85. The number of phenols is 1. The minimum Gasteiger partial charge on any atom is -0.504 e. The molecule has 1 aliphatic rings. The molecule has 1 saturated carbocycles. The van der Waals surface area contributed by atoms with E-state index in [4.69, 9.17) is 5.73 Å². The maximum atomic E-state index is 13.7. The van der Waals surface area contributed by atoms with E-state index in [1.54, 1.807) is 0 Å². The van der Waals surface area contributed by atoms with Gasteiger partial charge in [0.2, 0.25) is 0 Å². The molecule has 5 heteroatoms. The number of benzene rings is 1. The van der Waals surface area contributed by atoms with E-state index in [-0.39, 0.29) is 11.0 Å². The van der Waals surface area contributed by atoms with Crippen molar-refractivity contribution in [1.82, 2.24) is 0 Å². The molecule has 0 saturated heterocycles. The Morgan fingerprint density at radius 2 is 2.22 bits per heavy atom. The highest BCUT2D eigenvalue weighted by atomic mass is 19.1. The van der Waals surface area contributed by atoms with Crippen LogP contribution in [0, 0.1) is 5.82 Å². The van der Waals surface area contributed by atoms with Crippen LogP contribution in [0.25, 0.3) is 0 Å². The summed E-state index contributed by atoms with van der Waals surface area (Å²) in [6.07, 6.45) is 2.77. The molecule has 0 radical (unpaired) electrons. The first-order valence-electron chi connectivity index (χ1n) is 5.85. The molecular weight excluding hydrogens is 237 g/mol. The predicted octanol–water partition coefficient (Wildman–Crippen LogP) is 1.70. The van der Waals surface area contributed by atoms with Crippen LogP contribution in [-0.2, 0) is 10.2 Å². The number of hydrogen-bond acceptors (Lipinski definition) is 4. The van der Waals surface area contributed by atoms with E-state index in [0.717, 1.165) is 19.3 Å². The smallest absolute Gasteiger partial charge is 0.341 e. The van der Waals surface area contributed by atoms with Crippen LogP contribution in [0.1, 0.15) is 35.2 Å². The number of carbonyl (C=O) groups excluding carboxylic acids is 1. The molecule has 1 aromatic rings. The van der Waals surface area contributed by atoms with Crippen molar-refractivity contribution in [3.63, 3.8) is 0 Å². The lowest BCUT2D eigenvalue weighted by Gasteiger charge is -2.41. The molecule has 1 aliphatic carbocycles. The van der Waals surface area contributed by atoms with Crippen molar-refractivity contribution in [2.75, 3.05) is 13.7 Å². The molecule has 0 bridgehead atoms. The number of nitrogens with two attached hydrogens (primary N) is 1. The fourth-order valence-corrected chi connectivity index (χ4v) is 2.39. The van der Waals surface area contributed by atoms with E-state index >= 15 is 0 Å². The van der Waals surface area contributed by atoms with E-state index in [1.807, 2.05) is 0 Å². The Labute approximate surface area is 105 Å². The Hall–Kier alpha value is -1.62. The van der Waals surface area contributed by atoms with Gasteiger partial charge in [0.1, 0.15) is 5.56 Å². The molecule has 1 fully saturated rings. The molecule has 0 spiro atoms. The molecule has 3 N–H and O–H groups in total. The lowest BCUT2D eigenvalue weighted by Crippen LogP contribution is -2.41. The van der Waals surface area contributed by atoms with Gasteiger partial charge in [-0.2, -0.15) is 0 Å². The van der Waals surface area contributed by atoms with Crippen molar-refractivity contribution >= 4 is 5.97 Å². The van der Waals surface area contributed by atoms with Gasteiger partial charge in [-0.25, -0.2) is 9.18 Å². The SMILES string of the molecule is COC(=O)c1cc(C2(CN)CCC2)cc(F)c1O. The first-order chi connectivity index (χ1) is 8.54. The summed E-state index contributed by atoms with van der Waals surface area (Å²) in [5.74, 6) is -2.23. The zero-order valence-corrected chi connectivity index (χ0v) is 10.2. The zero-order valence-electron chi connectivity index (χ0n) is 10.2. The Balaban J connectivity index is 2.50. The average Bonchev–Trinajstić information content (AvgIpc) is 2.31. The summed E-state index contributed by atoms with van der Waals surface area (Å²) in [4.78, 5) is 11.5. The van der Waals surface area contributed by atoms with Gasteiger partial charge in [-0.3, -0.25) is 0 Å². The number of halogens is 1. The second-order valence-corrected chi connectivity index (χ2v) is 4.68. The lowest BCUT2D eigenvalue weighted by atomic mass is 9.64. The highest BCUT2D eigenvalue weighted by Crippen LogP contribution is 2.44. The van der Waals surface area contributed by atoms with Crippen molar-refractivity contribution in [2.24, 2.45) is 5.73 Å². The largest absolute Gasteiger partial charge is 0.504 e. The lowest BCUT2D eigenvalue weighted by molar-refractivity contribution is 0.0596. The maximum Gasteiger partial charge on any atom is 0.341 e. The van der Waals surface area contributed by atoms with E-state index in [9.17, 15) is 14.3 Å². The zero-order chi connectivity index (χ0) is 13.3. The number of rotatable bonds is 3. The summed E-state index contributed by atoms with van der Waals surface area (Å²) >= 11 is 0. The molecule has 0 heterocycles. The van der Waals surface area contributed by atoms with Crippen LogP contribution >= 0.6 is 0 Å². The van der Waals surface area contributed by atoms with Gasteiger partial charge in [0.05, 0.1) is 7.11 Å². The Morgan fingerprint density at radius 3 is 2.67 bits per heavy atom. The summed E-state index contributed by atoms with van der Waals surface area (Å²) in [5, 5.41) is 9.55. The predicted molar refractivity (Wildman–Crippen MR) is 64.0 cm³/mol. The molecule has 18 heavy (non-hydrogen) atoms. The van der Waals surface area contributed by atoms with Crippen molar-refractivity contribution in [3.8, 4) is 5.75 Å². The third-order valence-corrected chi connectivity index (χ3v) is 3.78. The summed E-state index contributed by atoms with van der Waals surface area (Å²) in [5.41, 5.74) is 5.99. The van der Waals surface area contributed by atoms with Gasteiger partial charge in [0, 0.05) is 12.0 Å². The van der Waals surface area contributed by atoms with Crippen LogP contribution < -0.4 is 5.73 Å². The Bertz CT molecular complexity index is 478. The molecule has 0 aliphatic heterocycles. The number of phenolic OH excluding ortho intramolecular Hbond substituents is 1. The van der Waals surface area contributed by atoms with Gasteiger partial charge in [0.15, 0.2) is 11.6 Å². The topological polar surface area (TPSA) is 72.5 Å². The fraction of sp³-hybridized carbons (Fsp3) is 0.462. The molecule has 98 valence electrons. The second kappa shape index (κ2) is 4.57. The van der Waals surface area contributed by atoms with Crippen LogP contribution in [0.4, 0.5) is 4.39 Å². The molecule has 2 rings (SSSR count). The van der Waals surface area contributed by atoms with Crippen LogP contribution in [0.15, 0.2) is 12.1 Å². The van der Waals surface area contributed by atoms with Crippen LogP contribution in [0.5, 0.6) is 5.75 Å². The quantitative estimate of drug-likeness (QED) is 0.804. The van der Waals surface area contributed by atoms with E-state index in [0.29, 0.717) is 12.1 Å². The van der Waals surface area contributed by atoms with Crippen molar-refractivity contribution in [1.29, 1.82) is 0 Å². The standard InChI is InChI=1S/C13H16FNO3/c1-18-12(17)9-5-8(6-10(14)11(9)16)13(7-15)3-2-4-13/h5-6,16H,2-4,7,15H2,1H3. The second-order valence-electron chi connectivity index (χ2n) is 4.68. The van der Waals surface area contributed by atoms with Crippen LogP contribution in [-0.4, -0.2) is 24.7 Å². The van der Waals surface area contributed by atoms with Gasteiger partial charge in [-0.15, -0.1) is 0 Å². The van der Waals surface area contributed by atoms with Crippen LogP contribution in [0.2, 0.25) is 0 Å². The van der Waals surface area contributed by atoms with Gasteiger partial charge in [-0.1, -0.05) is 6.42 Å². The fourth-order valence-electron chi connectivity index (χ4n) is 2.39. The van der Waals surface area contributed by atoms with Gasteiger partial charge < -0.3 is 15.6 Å².